The largest absolute Gasteiger partial charge is 0.496 e. The first-order valence-corrected chi connectivity index (χ1v) is 20.0. The van der Waals surface area contributed by atoms with Gasteiger partial charge in [0.1, 0.15) is 55.7 Å². The van der Waals surface area contributed by atoms with E-state index in [9.17, 15) is 4.79 Å². The summed E-state index contributed by atoms with van der Waals surface area (Å²) in [5.41, 5.74) is 6.44. The molecule has 2 aliphatic rings. The number of carbonyl (C=O) groups excluding carboxylic acids is 1. The van der Waals surface area contributed by atoms with Crippen LogP contribution < -0.4 is 18.9 Å². The summed E-state index contributed by atoms with van der Waals surface area (Å²) >= 11 is 0. The lowest BCUT2D eigenvalue weighted by Gasteiger charge is -2.41. The second kappa shape index (κ2) is 19.7. The number of methoxy groups -OCH3 is 1. The van der Waals surface area contributed by atoms with E-state index >= 15 is 0 Å². The molecule has 8 rings (SSSR count). The molecule has 0 bridgehead atoms. The second-order valence-electron chi connectivity index (χ2n) is 14.6. The summed E-state index contributed by atoms with van der Waals surface area (Å²) in [6, 6.07) is 49.4. The van der Waals surface area contributed by atoms with E-state index in [-0.39, 0.29) is 32.2 Å². The zero-order chi connectivity index (χ0) is 40.2. The summed E-state index contributed by atoms with van der Waals surface area (Å²) < 4.78 is 51.0. The van der Waals surface area contributed by atoms with Crippen molar-refractivity contribution in [1.29, 1.82) is 0 Å². The third kappa shape index (κ3) is 10.2. The molecule has 0 saturated carbocycles. The standard InChI is InChI=1S/C50H48O9/c1-52-43-29-44(56-31-36-16-8-3-9-17-36)41(28-40(43)26-39-22-23-42-45(27-39)55-25-24-54-42)48-50(58-33-38-20-12-5-13-21-38)49(57-32-37-18-10-4-11-19-37)47(51)46(59-48)34-53-30-35-14-6-2-7-15-35/h2-23,27-29,46,48-50H,24-26,30-34H2,1H3/t46-,48+,49+,50+/m1/s1. The van der Waals surface area contributed by atoms with Crippen molar-refractivity contribution in [1.82, 2.24) is 0 Å². The first-order valence-electron chi connectivity index (χ1n) is 20.0. The monoisotopic (exact) mass is 792 g/mol. The van der Waals surface area contributed by atoms with Crippen LogP contribution in [-0.2, 0) is 56.6 Å². The summed E-state index contributed by atoms with van der Waals surface area (Å²) in [5.74, 6) is 2.35. The highest BCUT2D eigenvalue weighted by Crippen LogP contribution is 2.43. The van der Waals surface area contributed by atoms with Gasteiger partial charge in [-0.3, -0.25) is 4.79 Å². The Morgan fingerprint density at radius 1 is 0.576 bits per heavy atom. The van der Waals surface area contributed by atoms with Gasteiger partial charge in [0.25, 0.3) is 0 Å². The number of Topliss-reactive ketones (excluding diaryl/α,β-unsaturated/α-hetero) is 1. The van der Waals surface area contributed by atoms with Gasteiger partial charge in [-0.15, -0.1) is 0 Å². The van der Waals surface area contributed by atoms with Crippen LogP contribution in [0.1, 0.15) is 45.0 Å². The van der Waals surface area contributed by atoms with E-state index in [0.717, 1.165) is 39.1 Å². The molecule has 1 fully saturated rings. The number of hydrogen-bond donors (Lipinski definition) is 0. The van der Waals surface area contributed by atoms with Crippen molar-refractivity contribution in [2.45, 2.75) is 57.3 Å². The van der Waals surface area contributed by atoms with Crippen molar-refractivity contribution < 1.29 is 42.7 Å². The fourth-order valence-corrected chi connectivity index (χ4v) is 7.39. The van der Waals surface area contributed by atoms with Gasteiger partial charge in [0, 0.05) is 18.1 Å². The molecule has 0 amide bonds. The van der Waals surface area contributed by atoms with Crippen LogP contribution in [0.5, 0.6) is 23.0 Å². The summed E-state index contributed by atoms with van der Waals surface area (Å²) in [7, 11) is 1.65. The summed E-state index contributed by atoms with van der Waals surface area (Å²) in [6.45, 7) is 2.04. The minimum Gasteiger partial charge on any atom is -0.496 e. The van der Waals surface area contributed by atoms with E-state index < -0.39 is 24.4 Å². The fraction of sp³-hybridized carbons (Fsp3) is 0.260. The minimum absolute atomic E-state index is 0.0151. The van der Waals surface area contributed by atoms with E-state index in [1.54, 1.807) is 7.11 Å². The molecule has 2 heterocycles. The Kier molecular flexibility index (Phi) is 13.3. The van der Waals surface area contributed by atoms with E-state index in [2.05, 4.69) is 0 Å². The van der Waals surface area contributed by atoms with Crippen molar-refractivity contribution in [3.63, 3.8) is 0 Å². The van der Waals surface area contributed by atoms with E-state index in [1.807, 2.05) is 152 Å². The number of fused-ring (bicyclic) bond motifs is 1. The van der Waals surface area contributed by atoms with E-state index in [1.165, 1.54) is 0 Å². The molecule has 0 spiro atoms. The van der Waals surface area contributed by atoms with Crippen LogP contribution in [0.15, 0.2) is 152 Å². The van der Waals surface area contributed by atoms with E-state index in [4.69, 9.17) is 37.9 Å². The first kappa shape index (κ1) is 39.8. The van der Waals surface area contributed by atoms with Crippen molar-refractivity contribution in [3.8, 4) is 23.0 Å². The van der Waals surface area contributed by atoms with Gasteiger partial charge in [0.2, 0.25) is 0 Å². The van der Waals surface area contributed by atoms with Gasteiger partial charge in [0.15, 0.2) is 17.3 Å². The van der Waals surface area contributed by atoms with Crippen LogP contribution in [-0.4, -0.2) is 51.0 Å². The third-order valence-electron chi connectivity index (χ3n) is 10.4. The van der Waals surface area contributed by atoms with Crippen molar-refractivity contribution >= 4 is 5.78 Å². The van der Waals surface area contributed by atoms with Crippen molar-refractivity contribution in [2.75, 3.05) is 26.9 Å². The fourth-order valence-electron chi connectivity index (χ4n) is 7.39. The van der Waals surface area contributed by atoms with Crippen LogP contribution in [0.4, 0.5) is 0 Å². The highest BCUT2D eigenvalue weighted by Gasteiger charge is 2.48. The number of ether oxygens (including phenoxy) is 8. The highest BCUT2D eigenvalue weighted by molar-refractivity contribution is 5.89. The van der Waals surface area contributed by atoms with Gasteiger partial charge in [-0.2, -0.15) is 0 Å². The van der Waals surface area contributed by atoms with Crippen LogP contribution in [0.3, 0.4) is 0 Å². The maximum atomic E-state index is 14.6. The Balaban J connectivity index is 1.20. The third-order valence-corrected chi connectivity index (χ3v) is 10.4. The second-order valence-corrected chi connectivity index (χ2v) is 14.6. The van der Waals surface area contributed by atoms with Gasteiger partial charge in [0.05, 0.1) is 33.5 Å². The molecule has 0 radical (unpaired) electrons. The molecule has 0 aliphatic carbocycles. The van der Waals surface area contributed by atoms with Crippen LogP contribution >= 0.6 is 0 Å². The molecule has 1 saturated heterocycles. The number of carbonyl (C=O) groups is 1. The SMILES string of the molecule is COc1cc(OCc2ccccc2)c([C@@H]2O[C@H](COCc3ccccc3)C(=O)[C@H](OCc3ccccc3)[C@H]2OCc2ccccc2)cc1Cc1ccc2c(c1)OCCO2. The lowest BCUT2D eigenvalue weighted by Crippen LogP contribution is -2.54. The molecule has 9 nitrogen and oxygen atoms in total. The molecule has 0 unspecified atom stereocenters. The molecule has 4 atom stereocenters. The predicted octanol–water partition coefficient (Wildman–Crippen LogP) is 9.03. The average Bonchev–Trinajstić information content (AvgIpc) is 3.29. The topological polar surface area (TPSA) is 90.9 Å². The van der Waals surface area contributed by atoms with E-state index in [0.29, 0.717) is 49.1 Å². The Hall–Kier alpha value is -5.97. The lowest BCUT2D eigenvalue weighted by atomic mass is 9.89. The molecule has 6 aromatic rings. The van der Waals surface area contributed by atoms with Crippen LogP contribution in [0, 0.1) is 0 Å². The average molecular weight is 793 g/mol. The molecular formula is C50H48O9. The van der Waals surface area contributed by atoms with Crippen LogP contribution in [0.2, 0.25) is 0 Å². The van der Waals surface area contributed by atoms with Gasteiger partial charge in [-0.05, 0) is 51.6 Å². The molecule has 59 heavy (non-hydrogen) atoms. The summed E-state index contributed by atoms with van der Waals surface area (Å²) in [5, 5.41) is 0. The Morgan fingerprint density at radius 2 is 1.15 bits per heavy atom. The maximum Gasteiger partial charge on any atom is 0.195 e. The number of hydrogen-bond acceptors (Lipinski definition) is 9. The van der Waals surface area contributed by atoms with Gasteiger partial charge in [-0.1, -0.05) is 127 Å². The quantitative estimate of drug-likeness (QED) is 0.0898. The number of benzene rings is 6. The molecular weight excluding hydrogens is 745 g/mol. The molecule has 6 aromatic carbocycles. The maximum absolute atomic E-state index is 14.6. The first-order chi connectivity index (χ1) is 29.1. The minimum atomic E-state index is -1.01. The summed E-state index contributed by atoms with van der Waals surface area (Å²) in [6.07, 6.45) is -3.16. The van der Waals surface area contributed by atoms with Gasteiger partial charge < -0.3 is 37.9 Å². The van der Waals surface area contributed by atoms with Crippen LogP contribution in [0.25, 0.3) is 0 Å². The molecule has 0 N–H and O–H groups in total. The van der Waals surface area contributed by atoms with Crippen molar-refractivity contribution in [3.05, 3.63) is 191 Å². The molecule has 302 valence electrons. The Bertz CT molecular complexity index is 2250. The Morgan fingerprint density at radius 3 is 1.78 bits per heavy atom. The highest BCUT2D eigenvalue weighted by atomic mass is 16.6. The normalized spacial score (nSPS) is 18.6. The molecule has 9 heteroatoms. The van der Waals surface area contributed by atoms with Crippen molar-refractivity contribution in [2.24, 2.45) is 0 Å². The predicted molar refractivity (Wildman–Crippen MR) is 223 cm³/mol. The number of ketones is 1. The van der Waals surface area contributed by atoms with Gasteiger partial charge >= 0.3 is 0 Å². The zero-order valence-electron chi connectivity index (χ0n) is 33.1. The van der Waals surface area contributed by atoms with Gasteiger partial charge in [-0.25, -0.2) is 0 Å². The smallest absolute Gasteiger partial charge is 0.195 e. The Labute approximate surface area is 345 Å². The molecule has 2 aliphatic heterocycles. The lowest BCUT2D eigenvalue weighted by molar-refractivity contribution is -0.213. The zero-order valence-corrected chi connectivity index (χ0v) is 33.1. The number of rotatable bonds is 17. The molecule has 0 aromatic heterocycles. The summed E-state index contributed by atoms with van der Waals surface area (Å²) in [4.78, 5) is 14.6.